The molecule has 4 rings (SSSR count). The number of nitrogens with one attached hydrogen (secondary N) is 2. The van der Waals surface area contributed by atoms with Gasteiger partial charge in [0.1, 0.15) is 0 Å². The van der Waals surface area contributed by atoms with Crippen molar-refractivity contribution in [2.75, 3.05) is 0 Å². The first-order chi connectivity index (χ1) is 12.3. The van der Waals surface area contributed by atoms with Crippen LogP contribution in [0.25, 0.3) is 45.1 Å². The van der Waals surface area contributed by atoms with Crippen LogP contribution >= 0.6 is 0 Å². The maximum absolute atomic E-state index is 12.6. The maximum Gasteiger partial charge on any atom is 0.256 e. The van der Waals surface area contributed by atoms with E-state index in [-0.39, 0.29) is 11.1 Å². The van der Waals surface area contributed by atoms with Crippen LogP contribution in [0.1, 0.15) is 12.5 Å². The van der Waals surface area contributed by atoms with Gasteiger partial charge >= 0.3 is 0 Å². The number of hydrogen-bond acceptors (Lipinski definition) is 2. The van der Waals surface area contributed by atoms with E-state index in [1.165, 1.54) is 0 Å². The van der Waals surface area contributed by atoms with Gasteiger partial charge in [0, 0.05) is 32.2 Å². The number of aromatic amines is 2. The molecule has 2 aromatic carbocycles. The number of H-pyrrole nitrogens is 2. The van der Waals surface area contributed by atoms with Gasteiger partial charge in [-0.3, -0.25) is 9.59 Å². The fourth-order valence-electron chi connectivity index (χ4n) is 3.45. The fraction of sp³-hybridized carbons (Fsp3) is 0.0909. The second-order valence-electron chi connectivity index (χ2n) is 6.78. The lowest BCUT2D eigenvalue weighted by atomic mass is 10.00. The molecule has 128 valence electrons. The van der Waals surface area contributed by atoms with Crippen LogP contribution in [0.5, 0.6) is 0 Å². The third-order valence-electron chi connectivity index (χ3n) is 4.63. The smallest absolute Gasteiger partial charge is 0.256 e. The lowest BCUT2D eigenvalue weighted by Gasteiger charge is -2.07. The largest absolute Gasteiger partial charge is 0.322 e. The van der Waals surface area contributed by atoms with Crippen LogP contribution in [0.3, 0.4) is 0 Å². The molecule has 0 aliphatic rings. The van der Waals surface area contributed by atoms with Crippen molar-refractivity contribution in [1.29, 1.82) is 0 Å². The SMILES string of the molecule is C=C(C)/C=c1\c(=C)[nH]c(=O)c2cc3c(cc12)c(=O)[nH]c1ccc(C)cc13. The lowest BCUT2D eigenvalue weighted by Crippen LogP contribution is -2.34. The van der Waals surface area contributed by atoms with E-state index in [9.17, 15) is 9.59 Å². The summed E-state index contributed by atoms with van der Waals surface area (Å²) in [4.78, 5) is 30.9. The van der Waals surface area contributed by atoms with Gasteiger partial charge < -0.3 is 9.97 Å². The van der Waals surface area contributed by atoms with E-state index in [0.717, 1.165) is 32.6 Å². The Morgan fingerprint density at radius 1 is 0.923 bits per heavy atom. The molecule has 4 aromatic rings. The predicted octanol–water partition coefficient (Wildman–Crippen LogP) is 2.60. The summed E-state index contributed by atoms with van der Waals surface area (Å²) in [6.07, 6.45) is 1.87. The van der Waals surface area contributed by atoms with Crippen LogP contribution in [-0.4, -0.2) is 9.97 Å². The minimum absolute atomic E-state index is 0.176. The molecule has 4 nitrogen and oxygen atoms in total. The summed E-state index contributed by atoms with van der Waals surface area (Å²) in [5.41, 5.74) is 2.29. The number of hydrogen-bond donors (Lipinski definition) is 2. The minimum Gasteiger partial charge on any atom is -0.322 e. The van der Waals surface area contributed by atoms with Crippen molar-refractivity contribution in [3.63, 3.8) is 0 Å². The summed E-state index contributed by atoms with van der Waals surface area (Å²) in [5, 5.41) is 4.76. The second kappa shape index (κ2) is 5.56. The Kier molecular flexibility index (Phi) is 3.44. The topological polar surface area (TPSA) is 65.7 Å². The highest BCUT2D eigenvalue weighted by Gasteiger charge is 2.10. The van der Waals surface area contributed by atoms with E-state index >= 15 is 0 Å². The first kappa shape index (κ1) is 16.1. The average molecular weight is 342 g/mol. The number of fused-ring (bicyclic) bond motifs is 4. The Labute approximate surface area is 148 Å². The van der Waals surface area contributed by atoms with Crippen LogP contribution < -0.4 is 21.7 Å². The highest BCUT2D eigenvalue weighted by molar-refractivity contribution is 6.10. The minimum atomic E-state index is -0.216. The quantitative estimate of drug-likeness (QED) is 0.412. The van der Waals surface area contributed by atoms with Gasteiger partial charge in [-0.05, 0) is 55.0 Å². The van der Waals surface area contributed by atoms with E-state index in [1.807, 2.05) is 38.1 Å². The number of aryl methyl sites for hydroxylation is 1. The van der Waals surface area contributed by atoms with Crippen LogP contribution in [0, 0.1) is 6.92 Å². The van der Waals surface area contributed by atoms with Gasteiger partial charge in [0.25, 0.3) is 11.1 Å². The molecule has 0 saturated carbocycles. The number of benzene rings is 2. The summed E-state index contributed by atoms with van der Waals surface area (Å²) >= 11 is 0. The van der Waals surface area contributed by atoms with Crippen molar-refractivity contribution in [2.24, 2.45) is 0 Å². The normalized spacial score (nSPS) is 12.3. The molecule has 0 aliphatic carbocycles. The third kappa shape index (κ3) is 2.39. The van der Waals surface area contributed by atoms with Gasteiger partial charge in [0.2, 0.25) is 0 Å². The van der Waals surface area contributed by atoms with Crippen molar-refractivity contribution in [2.45, 2.75) is 13.8 Å². The molecular weight excluding hydrogens is 324 g/mol. The molecule has 0 bridgehead atoms. The van der Waals surface area contributed by atoms with E-state index in [4.69, 9.17) is 0 Å². The predicted molar refractivity (Wildman–Crippen MR) is 109 cm³/mol. The van der Waals surface area contributed by atoms with Crippen molar-refractivity contribution < 1.29 is 0 Å². The van der Waals surface area contributed by atoms with Crippen LogP contribution in [0.2, 0.25) is 0 Å². The summed E-state index contributed by atoms with van der Waals surface area (Å²) in [6, 6.07) is 9.44. The number of rotatable bonds is 1. The van der Waals surface area contributed by atoms with Crippen LogP contribution in [-0.2, 0) is 0 Å². The van der Waals surface area contributed by atoms with Crippen LogP contribution in [0.4, 0.5) is 0 Å². The zero-order valence-electron chi connectivity index (χ0n) is 14.7. The van der Waals surface area contributed by atoms with Crippen LogP contribution in [0.15, 0.2) is 52.1 Å². The Morgan fingerprint density at radius 3 is 2.31 bits per heavy atom. The molecule has 0 atom stereocenters. The highest BCUT2D eigenvalue weighted by Crippen LogP contribution is 2.24. The van der Waals surface area contributed by atoms with E-state index in [0.29, 0.717) is 21.5 Å². The molecule has 0 amide bonds. The average Bonchev–Trinajstić information content (AvgIpc) is 2.58. The zero-order valence-corrected chi connectivity index (χ0v) is 14.7. The Bertz CT molecular complexity index is 1470. The van der Waals surface area contributed by atoms with Crippen molar-refractivity contribution in [3.8, 4) is 0 Å². The fourth-order valence-corrected chi connectivity index (χ4v) is 3.45. The first-order valence-electron chi connectivity index (χ1n) is 8.34. The summed E-state index contributed by atoms with van der Waals surface area (Å²) < 4.78 is 0. The molecule has 2 N–H and O–H groups in total. The molecule has 4 heteroatoms. The third-order valence-corrected chi connectivity index (χ3v) is 4.63. The van der Waals surface area contributed by atoms with Gasteiger partial charge in [0.05, 0.1) is 0 Å². The van der Waals surface area contributed by atoms with Gasteiger partial charge in [-0.2, -0.15) is 0 Å². The second-order valence-corrected chi connectivity index (χ2v) is 6.78. The Balaban J connectivity index is 2.35. The zero-order chi connectivity index (χ0) is 18.6. The number of allylic oxidation sites excluding steroid dienone is 1. The molecule has 0 unspecified atom stereocenters. The first-order valence-corrected chi connectivity index (χ1v) is 8.34. The van der Waals surface area contributed by atoms with Gasteiger partial charge in [-0.1, -0.05) is 30.4 Å². The summed E-state index contributed by atoms with van der Waals surface area (Å²) in [6.45, 7) is 11.7. The molecule has 0 spiro atoms. The van der Waals surface area contributed by atoms with Gasteiger partial charge in [-0.25, -0.2) is 0 Å². The molecule has 0 saturated heterocycles. The maximum atomic E-state index is 12.6. The lowest BCUT2D eigenvalue weighted by molar-refractivity contribution is 1.20. The molecule has 26 heavy (non-hydrogen) atoms. The van der Waals surface area contributed by atoms with Crippen molar-refractivity contribution in [3.05, 3.63) is 79.3 Å². The van der Waals surface area contributed by atoms with Crippen molar-refractivity contribution in [1.82, 2.24) is 9.97 Å². The number of pyridine rings is 2. The Morgan fingerprint density at radius 2 is 1.58 bits per heavy atom. The van der Waals surface area contributed by atoms with Crippen molar-refractivity contribution >= 4 is 45.1 Å². The highest BCUT2D eigenvalue weighted by atomic mass is 16.1. The molecule has 2 aromatic heterocycles. The van der Waals surface area contributed by atoms with E-state index in [2.05, 4.69) is 23.1 Å². The van der Waals surface area contributed by atoms with Gasteiger partial charge in [0.15, 0.2) is 0 Å². The molecule has 0 radical (unpaired) electrons. The summed E-state index contributed by atoms with van der Waals surface area (Å²) in [7, 11) is 0. The Hall–Kier alpha value is -3.40. The molecule has 2 heterocycles. The standard InChI is InChI=1S/C22H18N2O2/c1-11(2)7-14-13(4)23-21(25)18-10-16-17-8-12(3)5-6-20(17)24-22(26)19(16)9-15(14)18/h5-10H,1,4H2,2-3H3,(H,23,25)(H,24,26)/b14-7+. The molecular formula is C22H18N2O2. The van der Waals surface area contributed by atoms with E-state index in [1.54, 1.807) is 12.1 Å². The monoisotopic (exact) mass is 342 g/mol. The van der Waals surface area contributed by atoms with Gasteiger partial charge in [-0.15, -0.1) is 0 Å². The molecule has 0 fully saturated rings. The number of aromatic nitrogens is 2. The van der Waals surface area contributed by atoms with E-state index < -0.39 is 0 Å². The summed E-state index contributed by atoms with van der Waals surface area (Å²) in [5.74, 6) is 0. The molecule has 0 aliphatic heterocycles.